The summed E-state index contributed by atoms with van der Waals surface area (Å²) in [4.78, 5) is 5.21. The summed E-state index contributed by atoms with van der Waals surface area (Å²) in [5.74, 6) is 5.64. The van der Waals surface area contributed by atoms with Gasteiger partial charge in [-0.1, -0.05) is 25.6 Å². The quantitative estimate of drug-likeness (QED) is 0.262. The van der Waals surface area contributed by atoms with Crippen molar-refractivity contribution in [3.05, 3.63) is 48.5 Å². The minimum Gasteiger partial charge on any atom is -0.126 e. The summed E-state index contributed by atoms with van der Waals surface area (Å²) in [7, 11) is 0. The lowest BCUT2D eigenvalue weighted by Gasteiger charge is -2.06. The Labute approximate surface area is 159 Å². The summed E-state index contributed by atoms with van der Waals surface area (Å²) in [5, 5.41) is 0. The van der Waals surface area contributed by atoms with E-state index in [2.05, 4.69) is 68.3 Å². The van der Waals surface area contributed by atoms with Crippen molar-refractivity contribution >= 4 is 35.3 Å². The van der Waals surface area contributed by atoms with Crippen molar-refractivity contribution in [1.82, 2.24) is 0 Å². The second kappa shape index (κ2) is 10.8. The molecule has 3 heteroatoms. The number of thioether (sulfide) groups is 2. The molecule has 0 aromatic heterocycles. The van der Waals surface area contributed by atoms with Crippen LogP contribution in [0.4, 0.5) is 0 Å². The van der Waals surface area contributed by atoms with Gasteiger partial charge in [-0.25, -0.2) is 0 Å². The lowest BCUT2D eigenvalue weighted by atomic mass is 10.2. The minimum atomic E-state index is 0.778. The Morgan fingerprint density at radius 1 is 0.792 bits per heavy atom. The van der Waals surface area contributed by atoms with Crippen LogP contribution >= 0.6 is 35.3 Å². The molecule has 2 aromatic rings. The third-order valence-corrected chi connectivity index (χ3v) is 6.44. The van der Waals surface area contributed by atoms with Crippen LogP contribution in [0.1, 0.15) is 26.7 Å². The van der Waals surface area contributed by atoms with Crippen LogP contribution in [-0.2, 0) is 0 Å². The molecule has 0 atom stereocenters. The van der Waals surface area contributed by atoms with Gasteiger partial charge in [0.1, 0.15) is 0 Å². The molecular weight excluding hydrogens is 348 g/mol. The molecule has 0 aliphatic rings. The molecule has 0 fully saturated rings. The monoisotopic (exact) mass is 372 g/mol. The van der Waals surface area contributed by atoms with Crippen LogP contribution in [0.15, 0.2) is 68.1 Å². The van der Waals surface area contributed by atoms with Crippen LogP contribution in [0.5, 0.6) is 0 Å². The Balaban J connectivity index is 1.83. The fourth-order valence-corrected chi connectivity index (χ4v) is 4.74. The van der Waals surface area contributed by atoms with Gasteiger partial charge in [-0.15, -0.1) is 35.9 Å². The maximum absolute atomic E-state index is 5.29. The van der Waals surface area contributed by atoms with E-state index in [0.717, 1.165) is 18.1 Å². The summed E-state index contributed by atoms with van der Waals surface area (Å²) in [6, 6.07) is 17.6. The maximum Gasteiger partial charge on any atom is 0.0180 e. The first kappa shape index (κ1) is 19.4. The van der Waals surface area contributed by atoms with Crippen molar-refractivity contribution in [3.8, 4) is 12.3 Å². The van der Waals surface area contributed by atoms with Crippen molar-refractivity contribution < 1.29 is 0 Å². The predicted molar refractivity (Wildman–Crippen MR) is 111 cm³/mol. The zero-order valence-electron chi connectivity index (χ0n) is 14.3. The van der Waals surface area contributed by atoms with Gasteiger partial charge in [0.15, 0.2) is 0 Å². The summed E-state index contributed by atoms with van der Waals surface area (Å²) >= 11 is 5.58. The molecule has 0 bridgehead atoms. The molecule has 0 unspecified atom stereocenters. The van der Waals surface area contributed by atoms with Crippen molar-refractivity contribution in [2.75, 3.05) is 11.5 Å². The van der Waals surface area contributed by atoms with Crippen molar-refractivity contribution in [2.45, 2.75) is 46.3 Å². The van der Waals surface area contributed by atoms with Crippen molar-refractivity contribution in [3.63, 3.8) is 0 Å². The maximum atomic E-state index is 5.29. The molecule has 0 amide bonds. The Morgan fingerprint density at radius 3 is 1.71 bits per heavy atom. The van der Waals surface area contributed by atoms with Gasteiger partial charge in [-0.3, -0.25) is 0 Å². The first-order valence-electron chi connectivity index (χ1n) is 8.24. The number of hydrogen-bond acceptors (Lipinski definition) is 3. The van der Waals surface area contributed by atoms with E-state index >= 15 is 0 Å². The van der Waals surface area contributed by atoms with E-state index in [1.807, 2.05) is 35.3 Å². The molecule has 0 aliphatic carbocycles. The van der Waals surface area contributed by atoms with Crippen LogP contribution in [-0.4, -0.2) is 11.5 Å². The summed E-state index contributed by atoms with van der Waals surface area (Å²) in [6.07, 6.45) is 7.38. The van der Waals surface area contributed by atoms with Crippen molar-refractivity contribution in [2.24, 2.45) is 5.92 Å². The largest absolute Gasteiger partial charge is 0.126 e. The second-order valence-electron chi connectivity index (χ2n) is 5.88. The van der Waals surface area contributed by atoms with E-state index in [1.54, 1.807) is 0 Å². The average Bonchev–Trinajstić information content (AvgIpc) is 2.58. The van der Waals surface area contributed by atoms with E-state index in [4.69, 9.17) is 6.42 Å². The van der Waals surface area contributed by atoms with Crippen LogP contribution in [0.3, 0.4) is 0 Å². The molecule has 0 spiro atoms. The molecule has 0 saturated carbocycles. The third-order valence-electron chi connectivity index (χ3n) is 3.36. The zero-order chi connectivity index (χ0) is 17.2. The highest BCUT2D eigenvalue weighted by molar-refractivity contribution is 8.00. The molecule has 2 rings (SSSR count). The van der Waals surface area contributed by atoms with Gasteiger partial charge in [0, 0.05) is 31.8 Å². The Hall–Kier alpha value is -0.950. The van der Waals surface area contributed by atoms with Gasteiger partial charge >= 0.3 is 0 Å². The molecule has 0 aliphatic heterocycles. The van der Waals surface area contributed by atoms with Gasteiger partial charge < -0.3 is 0 Å². The van der Waals surface area contributed by atoms with E-state index in [0.29, 0.717) is 0 Å². The highest BCUT2D eigenvalue weighted by Crippen LogP contribution is 2.31. The first-order valence-corrected chi connectivity index (χ1v) is 11.0. The fraction of sp³-hybridized carbons (Fsp3) is 0.333. The van der Waals surface area contributed by atoms with Gasteiger partial charge in [0.25, 0.3) is 0 Å². The highest BCUT2D eigenvalue weighted by Gasteiger charge is 2.01. The molecule has 0 saturated heterocycles. The smallest absolute Gasteiger partial charge is 0.0180 e. The first-order chi connectivity index (χ1) is 11.7. The van der Waals surface area contributed by atoms with Gasteiger partial charge in [0.05, 0.1) is 0 Å². The molecule has 0 heterocycles. The van der Waals surface area contributed by atoms with E-state index in [-0.39, 0.29) is 0 Å². The van der Waals surface area contributed by atoms with Crippen LogP contribution in [0.2, 0.25) is 0 Å². The second-order valence-corrected chi connectivity index (χ2v) is 9.36. The fourth-order valence-electron chi connectivity index (χ4n) is 1.98. The topological polar surface area (TPSA) is 0 Å². The van der Waals surface area contributed by atoms with Crippen LogP contribution in [0.25, 0.3) is 0 Å². The van der Waals surface area contributed by atoms with E-state index in [1.165, 1.54) is 31.8 Å². The lowest BCUT2D eigenvalue weighted by molar-refractivity contribution is 0.632. The van der Waals surface area contributed by atoms with Gasteiger partial charge in [0.2, 0.25) is 0 Å². The Morgan fingerprint density at radius 2 is 1.25 bits per heavy atom. The minimum absolute atomic E-state index is 0.778. The lowest BCUT2D eigenvalue weighted by Crippen LogP contribution is -1.89. The highest BCUT2D eigenvalue weighted by atomic mass is 32.2. The molecule has 0 radical (unpaired) electrons. The molecule has 24 heavy (non-hydrogen) atoms. The number of rotatable bonds is 9. The Kier molecular flexibility index (Phi) is 8.74. The number of benzene rings is 2. The molecule has 2 aromatic carbocycles. The van der Waals surface area contributed by atoms with Crippen LogP contribution in [0, 0.1) is 18.3 Å². The predicted octanol–water partition coefficient (Wildman–Crippen LogP) is 7.09. The van der Waals surface area contributed by atoms with Gasteiger partial charge in [-0.05, 0) is 66.6 Å². The third kappa shape index (κ3) is 7.30. The zero-order valence-corrected chi connectivity index (χ0v) is 16.8. The summed E-state index contributed by atoms with van der Waals surface area (Å²) in [6.45, 7) is 4.55. The molecule has 0 nitrogen and oxygen atoms in total. The normalized spacial score (nSPS) is 10.8. The van der Waals surface area contributed by atoms with Crippen LogP contribution < -0.4 is 0 Å². The molecule has 0 N–H and O–H groups in total. The van der Waals surface area contributed by atoms with Crippen molar-refractivity contribution in [1.29, 1.82) is 0 Å². The average molecular weight is 373 g/mol. The van der Waals surface area contributed by atoms with E-state index in [9.17, 15) is 0 Å². The number of hydrogen-bond donors (Lipinski definition) is 0. The molecular formula is C21H24S3. The van der Waals surface area contributed by atoms with E-state index < -0.39 is 0 Å². The van der Waals surface area contributed by atoms with Gasteiger partial charge in [-0.2, -0.15) is 0 Å². The SMILES string of the molecule is C#CCCSc1ccc(Sc2ccc(SCCC(C)C)cc2)cc1. The summed E-state index contributed by atoms with van der Waals surface area (Å²) in [5.41, 5.74) is 0. The number of terminal acetylenes is 1. The summed E-state index contributed by atoms with van der Waals surface area (Å²) < 4.78 is 0. The standard InChI is InChI=1S/C21H24S3/c1-4-5-15-22-18-6-10-20(11-7-18)24-21-12-8-19(9-13-21)23-16-14-17(2)3/h1,6-13,17H,5,14-16H2,2-3H3. The molecule has 126 valence electrons. The Bertz CT molecular complexity index is 636.